The molecule has 0 atom stereocenters. The highest BCUT2D eigenvalue weighted by Gasteiger charge is 2.35. The number of halogens is 3. The molecular formula is C21H19F3N2O2S. The summed E-state index contributed by atoms with van der Waals surface area (Å²) in [6.07, 6.45) is -2.46. The minimum absolute atomic E-state index is 0.131. The lowest BCUT2D eigenvalue weighted by Crippen LogP contribution is -2.10. The molecule has 1 N–H and O–H groups in total. The number of anilines is 2. The molecule has 1 aromatic heterocycles. The zero-order valence-corrected chi connectivity index (χ0v) is 16.4. The Morgan fingerprint density at radius 1 is 1.14 bits per heavy atom. The molecule has 29 heavy (non-hydrogen) atoms. The number of aromatic nitrogens is 1. The first-order chi connectivity index (χ1) is 13.9. The summed E-state index contributed by atoms with van der Waals surface area (Å²) in [5.41, 5.74) is 1.16. The zero-order chi connectivity index (χ0) is 20.4. The van der Waals surface area contributed by atoms with Crippen LogP contribution in [-0.2, 0) is 6.18 Å². The molecule has 2 aromatic carbocycles. The summed E-state index contributed by atoms with van der Waals surface area (Å²) < 4.78 is 50.9. The van der Waals surface area contributed by atoms with Crippen molar-refractivity contribution in [1.82, 2.24) is 4.98 Å². The van der Waals surface area contributed by atoms with Crippen molar-refractivity contribution in [3.8, 4) is 22.8 Å². The van der Waals surface area contributed by atoms with Gasteiger partial charge in [0.05, 0.1) is 25.0 Å². The first-order valence-corrected chi connectivity index (χ1v) is 10.0. The Bertz CT molecular complexity index is 982. The van der Waals surface area contributed by atoms with E-state index in [9.17, 15) is 13.2 Å². The summed E-state index contributed by atoms with van der Waals surface area (Å²) in [7, 11) is 1.59. The fourth-order valence-electron chi connectivity index (χ4n) is 2.80. The van der Waals surface area contributed by atoms with Gasteiger partial charge in [-0.3, -0.25) is 0 Å². The predicted octanol–water partition coefficient (Wildman–Crippen LogP) is 6.37. The molecule has 0 bridgehead atoms. The lowest BCUT2D eigenvalue weighted by Gasteiger charge is -2.15. The van der Waals surface area contributed by atoms with Gasteiger partial charge < -0.3 is 14.8 Å². The van der Waals surface area contributed by atoms with Crippen molar-refractivity contribution >= 4 is 22.2 Å². The predicted molar refractivity (Wildman–Crippen MR) is 107 cm³/mol. The van der Waals surface area contributed by atoms with Crippen LogP contribution in [0.15, 0.2) is 47.8 Å². The molecule has 0 unspecified atom stereocenters. The van der Waals surface area contributed by atoms with Crippen molar-refractivity contribution in [2.75, 3.05) is 19.0 Å². The van der Waals surface area contributed by atoms with Crippen LogP contribution in [0.1, 0.15) is 18.4 Å². The number of nitrogens with zero attached hydrogens (tertiary/aromatic N) is 1. The molecule has 0 radical (unpaired) electrons. The maximum absolute atomic E-state index is 13.5. The smallest absolute Gasteiger partial charge is 0.420 e. The molecule has 152 valence electrons. The van der Waals surface area contributed by atoms with E-state index in [4.69, 9.17) is 9.47 Å². The summed E-state index contributed by atoms with van der Waals surface area (Å²) in [5.74, 6) is 0.986. The Morgan fingerprint density at radius 3 is 2.55 bits per heavy atom. The van der Waals surface area contributed by atoms with Gasteiger partial charge in [0, 0.05) is 16.6 Å². The van der Waals surface area contributed by atoms with E-state index in [-0.39, 0.29) is 5.75 Å². The van der Waals surface area contributed by atoms with Gasteiger partial charge in [0.25, 0.3) is 0 Å². The second-order valence-corrected chi connectivity index (χ2v) is 7.71. The largest absolute Gasteiger partial charge is 0.497 e. The number of hydrogen-bond donors (Lipinski definition) is 1. The average Bonchev–Trinajstić information content (AvgIpc) is 3.43. The third-order valence-electron chi connectivity index (χ3n) is 4.60. The Balaban J connectivity index is 1.52. The minimum atomic E-state index is -4.49. The van der Waals surface area contributed by atoms with Crippen LogP contribution in [0.4, 0.5) is 24.0 Å². The van der Waals surface area contributed by atoms with Crippen LogP contribution in [0.2, 0.25) is 0 Å². The van der Waals surface area contributed by atoms with Crippen LogP contribution in [0.25, 0.3) is 11.3 Å². The van der Waals surface area contributed by atoms with Gasteiger partial charge in [0.1, 0.15) is 11.5 Å². The van der Waals surface area contributed by atoms with Crippen molar-refractivity contribution in [2.24, 2.45) is 5.92 Å². The second kappa shape index (κ2) is 7.94. The van der Waals surface area contributed by atoms with Gasteiger partial charge in [-0.2, -0.15) is 13.2 Å². The molecule has 1 heterocycles. The van der Waals surface area contributed by atoms with E-state index < -0.39 is 11.7 Å². The third-order valence-corrected chi connectivity index (χ3v) is 5.36. The second-order valence-electron chi connectivity index (χ2n) is 6.85. The normalized spacial score (nSPS) is 13.9. The van der Waals surface area contributed by atoms with Crippen molar-refractivity contribution in [2.45, 2.75) is 19.0 Å². The van der Waals surface area contributed by atoms with E-state index in [0.29, 0.717) is 23.3 Å². The van der Waals surface area contributed by atoms with E-state index in [0.717, 1.165) is 35.9 Å². The van der Waals surface area contributed by atoms with E-state index in [1.54, 1.807) is 13.2 Å². The number of nitrogens with one attached hydrogen (secondary N) is 1. The van der Waals surface area contributed by atoms with Crippen LogP contribution in [0.3, 0.4) is 0 Å². The van der Waals surface area contributed by atoms with Gasteiger partial charge in [-0.25, -0.2) is 4.98 Å². The van der Waals surface area contributed by atoms with E-state index in [1.165, 1.54) is 17.4 Å². The number of ether oxygens (including phenoxy) is 2. The van der Waals surface area contributed by atoms with Crippen molar-refractivity contribution in [3.05, 3.63) is 53.4 Å². The maximum atomic E-state index is 13.5. The first-order valence-electron chi connectivity index (χ1n) is 9.13. The number of benzene rings is 2. The van der Waals surface area contributed by atoms with Crippen LogP contribution in [0.5, 0.6) is 11.5 Å². The SMILES string of the molecule is COc1ccc(-c2csc(Nc3ccc(OCC4CC4)c(C(F)(F)F)c3)n2)cc1. The Kier molecular flexibility index (Phi) is 5.36. The summed E-state index contributed by atoms with van der Waals surface area (Å²) in [5, 5.41) is 5.32. The number of hydrogen-bond acceptors (Lipinski definition) is 5. The highest BCUT2D eigenvalue weighted by atomic mass is 32.1. The van der Waals surface area contributed by atoms with E-state index >= 15 is 0 Å². The molecule has 1 aliphatic carbocycles. The molecule has 1 aliphatic rings. The van der Waals surface area contributed by atoms with Gasteiger partial charge in [0.15, 0.2) is 5.13 Å². The topological polar surface area (TPSA) is 43.4 Å². The molecule has 4 rings (SSSR count). The van der Waals surface area contributed by atoms with Crippen LogP contribution >= 0.6 is 11.3 Å². The molecule has 4 nitrogen and oxygen atoms in total. The zero-order valence-electron chi connectivity index (χ0n) is 15.6. The van der Waals surface area contributed by atoms with Gasteiger partial charge in [-0.15, -0.1) is 11.3 Å². The standard InChI is InChI=1S/C21H19F3N2O2S/c1-27-16-7-4-14(5-8-16)18-12-29-20(26-18)25-15-6-9-19(28-11-13-2-3-13)17(10-15)21(22,23)24/h4-10,12-13H,2-3,11H2,1H3,(H,25,26). The minimum Gasteiger partial charge on any atom is -0.497 e. The molecule has 0 amide bonds. The highest BCUT2D eigenvalue weighted by molar-refractivity contribution is 7.14. The number of thiazole rings is 1. The maximum Gasteiger partial charge on any atom is 0.420 e. The summed E-state index contributed by atoms with van der Waals surface area (Å²) in [4.78, 5) is 4.47. The average molecular weight is 420 g/mol. The first kappa shape index (κ1) is 19.6. The molecule has 1 fully saturated rings. The van der Waals surface area contributed by atoms with Crippen molar-refractivity contribution < 1.29 is 22.6 Å². The Labute approximate surface area is 170 Å². The summed E-state index contributed by atoms with van der Waals surface area (Å²) >= 11 is 1.32. The number of alkyl halides is 3. The molecule has 0 saturated heterocycles. The van der Waals surface area contributed by atoms with Gasteiger partial charge in [-0.05, 0) is 61.2 Å². The van der Waals surface area contributed by atoms with Gasteiger partial charge >= 0.3 is 6.18 Å². The van der Waals surface area contributed by atoms with Crippen LogP contribution < -0.4 is 14.8 Å². The van der Waals surface area contributed by atoms with Crippen molar-refractivity contribution in [1.29, 1.82) is 0 Å². The summed E-state index contributed by atoms with van der Waals surface area (Å²) in [6, 6.07) is 11.4. The van der Waals surface area contributed by atoms with E-state index in [2.05, 4.69) is 10.3 Å². The third kappa shape index (κ3) is 4.82. The monoisotopic (exact) mass is 420 g/mol. The van der Waals surface area contributed by atoms with Gasteiger partial charge in [-0.1, -0.05) is 0 Å². The van der Waals surface area contributed by atoms with Crippen LogP contribution in [-0.4, -0.2) is 18.7 Å². The quantitative estimate of drug-likeness (QED) is 0.482. The van der Waals surface area contributed by atoms with Crippen LogP contribution in [0, 0.1) is 5.92 Å². The van der Waals surface area contributed by atoms with E-state index in [1.807, 2.05) is 29.6 Å². The molecule has 0 aliphatic heterocycles. The fourth-order valence-corrected chi connectivity index (χ4v) is 3.54. The molecule has 8 heteroatoms. The lowest BCUT2D eigenvalue weighted by molar-refractivity contribution is -0.138. The highest BCUT2D eigenvalue weighted by Crippen LogP contribution is 2.40. The summed E-state index contributed by atoms with van der Waals surface area (Å²) in [6.45, 7) is 0.327. The fraction of sp³-hybridized carbons (Fsp3) is 0.286. The van der Waals surface area contributed by atoms with Gasteiger partial charge in [0.2, 0.25) is 0 Å². The number of methoxy groups -OCH3 is 1. The molecular weight excluding hydrogens is 401 g/mol. The molecule has 3 aromatic rings. The molecule has 1 saturated carbocycles. The van der Waals surface area contributed by atoms with Crippen molar-refractivity contribution in [3.63, 3.8) is 0 Å². The lowest BCUT2D eigenvalue weighted by atomic mass is 10.1. The Hall–Kier alpha value is -2.74. The molecule has 0 spiro atoms. The Morgan fingerprint density at radius 2 is 1.90 bits per heavy atom. The number of rotatable bonds is 7.